The van der Waals surface area contributed by atoms with E-state index in [2.05, 4.69) is 17.2 Å². The first-order valence-corrected chi connectivity index (χ1v) is 8.85. The van der Waals surface area contributed by atoms with Crippen LogP contribution in [0.2, 0.25) is 0 Å². The summed E-state index contributed by atoms with van der Waals surface area (Å²) >= 11 is 6.02. The monoisotopic (exact) mass is 342 g/mol. The molecule has 23 heavy (non-hydrogen) atoms. The number of rotatable bonds is 4. The summed E-state index contributed by atoms with van der Waals surface area (Å²) in [4.78, 5) is 13.9. The Balaban J connectivity index is 2.02. The summed E-state index contributed by atoms with van der Waals surface area (Å²) in [5, 5.41) is 8.44. The average molecular weight is 343 g/mol. The number of hydrogen-bond donors (Lipinski definition) is 0. The molecule has 0 atom stereocenters. The van der Waals surface area contributed by atoms with Crippen LogP contribution in [0.15, 0.2) is 0 Å². The quantitative estimate of drug-likeness (QED) is 0.785. The minimum Gasteiger partial charge on any atom is -0.444 e. The van der Waals surface area contributed by atoms with E-state index in [-0.39, 0.29) is 6.09 Å². The van der Waals surface area contributed by atoms with Crippen LogP contribution < -0.4 is 0 Å². The Kier molecular flexibility index (Phi) is 5.89. The van der Waals surface area contributed by atoms with Crippen LogP contribution in [0.1, 0.15) is 64.3 Å². The SMILES string of the molecule is CCCn1nnc(CCl)c1C1CCN(C(=O)OC(C)(C)C)CC1. The number of halogens is 1. The zero-order valence-electron chi connectivity index (χ0n) is 14.5. The van der Waals surface area contributed by atoms with E-state index in [9.17, 15) is 4.79 Å². The molecule has 0 spiro atoms. The van der Waals surface area contributed by atoms with Crippen LogP contribution in [-0.4, -0.2) is 44.7 Å². The predicted molar refractivity (Wildman–Crippen MR) is 89.7 cm³/mol. The predicted octanol–water partition coefficient (Wildman–Crippen LogP) is 3.54. The second-order valence-corrected chi connectivity index (χ2v) is 7.29. The van der Waals surface area contributed by atoms with E-state index >= 15 is 0 Å². The third-order valence-corrected chi connectivity index (χ3v) is 4.20. The fourth-order valence-electron chi connectivity index (χ4n) is 2.94. The highest BCUT2D eigenvalue weighted by Crippen LogP contribution is 2.31. The second-order valence-electron chi connectivity index (χ2n) is 7.02. The minimum atomic E-state index is -0.455. The van der Waals surface area contributed by atoms with Gasteiger partial charge in [0.1, 0.15) is 11.3 Å². The largest absolute Gasteiger partial charge is 0.444 e. The van der Waals surface area contributed by atoms with E-state index in [0.717, 1.165) is 37.2 Å². The van der Waals surface area contributed by atoms with Crippen LogP contribution in [0.4, 0.5) is 4.79 Å². The molecule has 0 N–H and O–H groups in total. The number of hydrogen-bond acceptors (Lipinski definition) is 4. The summed E-state index contributed by atoms with van der Waals surface area (Å²) in [6, 6.07) is 0. The van der Waals surface area contributed by atoms with Gasteiger partial charge in [-0.05, 0) is 40.0 Å². The van der Waals surface area contributed by atoms with Crippen molar-refractivity contribution in [2.45, 2.75) is 70.9 Å². The van der Waals surface area contributed by atoms with Crippen LogP contribution in [-0.2, 0) is 17.2 Å². The van der Waals surface area contributed by atoms with Crippen molar-refractivity contribution in [1.82, 2.24) is 19.9 Å². The number of alkyl halides is 1. The Morgan fingerprint density at radius 1 is 1.35 bits per heavy atom. The van der Waals surface area contributed by atoms with Crippen LogP contribution in [0, 0.1) is 0 Å². The molecule has 1 aromatic rings. The van der Waals surface area contributed by atoms with Crippen molar-refractivity contribution in [3.05, 3.63) is 11.4 Å². The van der Waals surface area contributed by atoms with Gasteiger partial charge in [0.2, 0.25) is 0 Å². The van der Waals surface area contributed by atoms with Gasteiger partial charge in [0.15, 0.2) is 0 Å². The van der Waals surface area contributed by atoms with Crippen LogP contribution in [0.25, 0.3) is 0 Å². The Morgan fingerprint density at radius 2 is 2.00 bits per heavy atom. The van der Waals surface area contributed by atoms with Gasteiger partial charge in [-0.3, -0.25) is 0 Å². The van der Waals surface area contributed by atoms with Crippen molar-refractivity contribution in [3.8, 4) is 0 Å². The number of carbonyl (C=O) groups excluding carboxylic acids is 1. The van der Waals surface area contributed by atoms with E-state index in [0.29, 0.717) is 24.9 Å². The van der Waals surface area contributed by atoms with Gasteiger partial charge in [0.05, 0.1) is 11.6 Å². The van der Waals surface area contributed by atoms with Crippen LogP contribution >= 0.6 is 11.6 Å². The zero-order chi connectivity index (χ0) is 17.0. The molecule has 0 saturated carbocycles. The Hall–Kier alpha value is -1.30. The van der Waals surface area contributed by atoms with Gasteiger partial charge in [0.25, 0.3) is 0 Å². The lowest BCUT2D eigenvalue weighted by Crippen LogP contribution is -2.41. The van der Waals surface area contributed by atoms with Gasteiger partial charge in [0, 0.05) is 25.6 Å². The van der Waals surface area contributed by atoms with Gasteiger partial charge < -0.3 is 9.64 Å². The third kappa shape index (κ3) is 4.59. The first kappa shape index (κ1) is 18.0. The standard InChI is InChI=1S/C16H27ClN4O2/c1-5-8-21-14(13(11-17)18-19-21)12-6-9-20(10-7-12)15(22)23-16(2,3)4/h12H,5-11H2,1-4H3. The summed E-state index contributed by atoms with van der Waals surface area (Å²) in [6.07, 6.45) is 2.56. The smallest absolute Gasteiger partial charge is 0.410 e. The van der Waals surface area contributed by atoms with E-state index < -0.39 is 5.60 Å². The van der Waals surface area contributed by atoms with Crippen molar-refractivity contribution in [2.24, 2.45) is 0 Å². The molecule has 130 valence electrons. The number of likely N-dealkylation sites (tertiary alicyclic amines) is 1. The normalized spacial score (nSPS) is 16.7. The Bertz CT molecular complexity index is 531. The highest BCUT2D eigenvalue weighted by atomic mass is 35.5. The molecule has 2 heterocycles. The lowest BCUT2D eigenvalue weighted by Gasteiger charge is -2.33. The van der Waals surface area contributed by atoms with Gasteiger partial charge in [-0.2, -0.15) is 0 Å². The van der Waals surface area contributed by atoms with Crippen molar-refractivity contribution in [2.75, 3.05) is 13.1 Å². The van der Waals surface area contributed by atoms with E-state index in [1.165, 1.54) is 0 Å². The first-order chi connectivity index (χ1) is 10.9. The van der Waals surface area contributed by atoms with E-state index in [1.54, 1.807) is 4.90 Å². The molecule has 0 aromatic carbocycles. The number of aromatic nitrogens is 3. The highest BCUT2D eigenvalue weighted by Gasteiger charge is 2.30. The van der Waals surface area contributed by atoms with Crippen molar-refractivity contribution < 1.29 is 9.53 Å². The first-order valence-electron chi connectivity index (χ1n) is 8.31. The summed E-state index contributed by atoms with van der Waals surface area (Å²) in [7, 11) is 0. The van der Waals surface area contributed by atoms with Gasteiger partial charge >= 0.3 is 6.09 Å². The zero-order valence-corrected chi connectivity index (χ0v) is 15.3. The van der Waals surface area contributed by atoms with Crippen molar-refractivity contribution in [3.63, 3.8) is 0 Å². The van der Waals surface area contributed by atoms with Gasteiger partial charge in [-0.1, -0.05) is 12.1 Å². The molecule has 1 saturated heterocycles. The van der Waals surface area contributed by atoms with E-state index in [4.69, 9.17) is 16.3 Å². The molecule has 0 radical (unpaired) electrons. The molecular weight excluding hydrogens is 316 g/mol. The Morgan fingerprint density at radius 3 is 2.52 bits per heavy atom. The van der Waals surface area contributed by atoms with Crippen molar-refractivity contribution >= 4 is 17.7 Å². The number of carbonyl (C=O) groups is 1. The van der Waals surface area contributed by atoms with Gasteiger partial charge in [-0.15, -0.1) is 16.7 Å². The maximum Gasteiger partial charge on any atom is 0.410 e. The fraction of sp³-hybridized carbons (Fsp3) is 0.812. The topological polar surface area (TPSA) is 60.2 Å². The molecule has 0 aliphatic carbocycles. The minimum absolute atomic E-state index is 0.228. The van der Waals surface area contributed by atoms with Crippen LogP contribution in [0.3, 0.4) is 0 Å². The fourth-order valence-corrected chi connectivity index (χ4v) is 3.13. The summed E-state index contributed by atoms with van der Waals surface area (Å²) in [5.41, 5.74) is 1.56. The molecule has 1 aliphatic heterocycles. The number of ether oxygens (including phenoxy) is 1. The highest BCUT2D eigenvalue weighted by molar-refractivity contribution is 6.16. The molecule has 1 aromatic heterocycles. The Labute approximate surface area is 143 Å². The number of nitrogens with zero attached hydrogens (tertiary/aromatic N) is 4. The van der Waals surface area contributed by atoms with Gasteiger partial charge in [-0.25, -0.2) is 9.48 Å². The lowest BCUT2D eigenvalue weighted by molar-refractivity contribution is 0.0203. The molecule has 0 bridgehead atoms. The molecule has 1 amide bonds. The average Bonchev–Trinajstić information content (AvgIpc) is 2.89. The lowest BCUT2D eigenvalue weighted by atomic mass is 9.92. The molecule has 1 fully saturated rings. The molecule has 7 heteroatoms. The molecular formula is C16H27ClN4O2. The third-order valence-electron chi connectivity index (χ3n) is 3.94. The second kappa shape index (κ2) is 7.51. The number of amides is 1. The maximum atomic E-state index is 12.2. The van der Waals surface area contributed by atoms with Crippen LogP contribution in [0.5, 0.6) is 0 Å². The number of aryl methyl sites for hydroxylation is 1. The molecule has 1 aliphatic rings. The maximum absolute atomic E-state index is 12.2. The van der Waals surface area contributed by atoms with E-state index in [1.807, 2.05) is 25.5 Å². The molecule has 6 nitrogen and oxygen atoms in total. The number of piperidine rings is 1. The summed E-state index contributed by atoms with van der Waals surface area (Å²) in [6.45, 7) is 10.0. The van der Waals surface area contributed by atoms with Crippen molar-refractivity contribution in [1.29, 1.82) is 0 Å². The summed E-state index contributed by atoms with van der Waals surface area (Å²) in [5.74, 6) is 0.731. The molecule has 2 rings (SSSR count). The summed E-state index contributed by atoms with van der Waals surface area (Å²) < 4.78 is 7.42. The molecule has 0 unspecified atom stereocenters.